The Kier molecular flexibility index (Phi) is 4.26. The fraction of sp³-hybridized carbons (Fsp3) is 0.700. The summed E-state index contributed by atoms with van der Waals surface area (Å²) in [5.74, 6) is 0. The van der Waals surface area contributed by atoms with Crippen LogP contribution in [-0.2, 0) is 0 Å². The number of hydrogen-bond donors (Lipinski definition) is 2. The standard InChI is InChI=1S/C10H17NS2/c1-7(2)11-9-6-4-3-5-8(9)10(12)13/h7,11H,3-6H2,1-2H3,(H,12,13). The molecule has 0 saturated carbocycles. The quantitative estimate of drug-likeness (QED) is 0.554. The van der Waals surface area contributed by atoms with Crippen molar-refractivity contribution < 1.29 is 0 Å². The maximum absolute atomic E-state index is 5.11. The lowest BCUT2D eigenvalue weighted by Gasteiger charge is -2.22. The van der Waals surface area contributed by atoms with Gasteiger partial charge in [0, 0.05) is 11.7 Å². The van der Waals surface area contributed by atoms with Gasteiger partial charge in [-0.1, -0.05) is 12.2 Å². The zero-order valence-electron chi connectivity index (χ0n) is 8.26. The molecule has 74 valence electrons. The first kappa shape index (κ1) is 11.1. The highest BCUT2D eigenvalue weighted by Crippen LogP contribution is 2.25. The van der Waals surface area contributed by atoms with E-state index < -0.39 is 0 Å². The summed E-state index contributed by atoms with van der Waals surface area (Å²) in [6.45, 7) is 4.31. The van der Waals surface area contributed by atoms with Gasteiger partial charge in [0.05, 0.1) is 4.20 Å². The Balaban J connectivity index is 2.77. The van der Waals surface area contributed by atoms with Crippen LogP contribution in [0.4, 0.5) is 0 Å². The number of hydrogen-bond acceptors (Lipinski definition) is 2. The lowest BCUT2D eigenvalue weighted by atomic mass is 9.97. The second kappa shape index (κ2) is 5.01. The molecule has 0 radical (unpaired) electrons. The first-order valence-corrected chi connectivity index (χ1v) is 5.68. The molecular weight excluding hydrogens is 198 g/mol. The summed E-state index contributed by atoms with van der Waals surface area (Å²) >= 11 is 9.37. The van der Waals surface area contributed by atoms with Crippen LogP contribution in [0.25, 0.3) is 0 Å². The molecule has 0 aromatic rings. The van der Waals surface area contributed by atoms with Gasteiger partial charge in [0.25, 0.3) is 0 Å². The average molecular weight is 215 g/mol. The van der Waals surface area contributed by atoms with E-state index in [4.69, 9.17) is 12.2 Å². The maximum Gasteiger partial charge on any atom is 0.0724 e. The van der Waals surface area contributed by atoms with Crippen molar-refractivity contribution in [3.05, 3.63) is 11.3 Å². The number of thiocarbonyl (C=S) groups is 1. The Morgan fingerprint density at radius 2 is 2.00 bits per heavy atom. The molecule has 1 N–H and O–H groups in total. The van der Waals surface area contributed by atoms with Gasteiger partial charge >= 0.3 is 0 Å². The Bertz CT molecular complexity index is 231. The smallest absolute Gasteiger partial charge is 0.0724 e. The lowest BCUT2D eigenvalue weighted by molar-refractivity contribution is 0.584. The van der Waals surface area contributed by atoms with Crippen molar-refractivity contribution in [1.82, 2.24) is 5.32 Å². The molecule has 1 nitrogen and oxygen atoms in total. The average Bonchev–Trinajstić information content (AvgIpc) is 2.03. The molecule has 0 aliphatic heterocycles. The second-order valence-corrected chi connectivity index (χ2v) is 4.93. The molecule has 0 atom stereocenters. The molecule has 0 heterocycles. The minimum absolute atomic E-state index is 0.491. The molecule has 0 saturated heterocycles. The largest absolute Gasteiger partial charge is 0.386 e. The van der Waals surface area contributed by atoms with Crippen LogP contribution in [0.15, 0.2) is 11.3 Å². The Hall–Kier alpha value is -0.0200. The van der Waals surface area contributed by atoms with Gasteiger partial charge < -0.3 is 5.32 Å². The van der Waals surface area contributed by atoms with Gasteiger partial charge in [-0.25, -0.2) is 0 Å². The SMILES string of the molecule is CC(C)NC1=C(C(=S)S)CCCC1. The van der Waals surface area contributed by atoms with Crippen LogP contribution in [0.1, 0.15) is 39.5 Å². The molecular formula is C10H17NS2. The summed E-state index contributed by atoms with van der Waals surface area (Å²) in [6, 6.07) is 0.491. The molecule has 0 amide bonds. The molecule has 0 spiro atoms. The summed E-state index contributed by atoms with van der Waals surface area (Å²) in [5, 5.41) is 3.46. The first-order chi connectivity index (χ1) is 6.11. The fourth-order valence-electron chi connectivity index (χ4n) is 1.65. The van der Waals surface area contributed by atoms with Crippen LogP contribution in [0, 0.1) is 0 Å². The molecule has 1 aliphatic rings. The van der Waals surface area contributed by atoms with Crippen LogP contribution in [0.5, 0.6) is 0 Å². The third-order valence-electron chi connectivity index (χ3n) is 2.19. The Morgan fingerprint density at radius 1 is 1.38 bits per heavy atom. The van der Waals surface area contributed by atoms with E-state index in [0.717, 1.165) is 17.0 Å². The first-order valence-electron chi connectivity index (χ1n) is 4.83. The number of thiol groups is 1. The van der Waals surface area contributed by atoms with Crippen molar-refractivity contribution in [2.75, 3.05) is 0 Å². The highest BCUT2D eigenvalue weighted by molar-refractivity contribution is 8.11. The fourth-order valence-corrected chi connectivity index (χ4v) is 2.12. The van der Waals surface area contributed by atoms with E-state index in [1.54, 1.807) is 0 Å². The third kappa shape index (κ3) is 3.31. The van der Waals surface area contributed by atoms with Crippen molar-refractivity contribution in [2.24, 2.45) is 0 Å². The zero-order chi connectivity index (χ0) is 9.84. The van der Waals surface area contributed by atoms with Crippen LogP contribution < -0.4 is 5.32 Å². The van der Waals surface area contributed by atoms with Crippen LogP contribution >= 0.6 is 24.8 Å². The monoisotopic (exact) mass is 215 g/mol. The van der Waals surface area contributed by atoms with E-state index in [1.807, 2.05) is 0 Å². The predicted octanol–water partition coefficient (Wildman–Crippen LogP) is 3.07. The number of nitrogens with one attached hydrogen (secondary N) is 1. The van der Waals surface area contributed by atoms with E-state index in [0.29, 0.717) is 6.04 Å². The molecule has 0 unspecified atom stereocenters. The van der Waals surface area contributed by atoms with E-state index in [-0.39, 0.29) is 0 Å². The number of rotatable bonds is 3. The van der Waals surface area contributed by atoms with Gasteiger partial charge in [0.15, 0.2) is 0 Å². The van der Waals surface area contributed by atoms with Gasteiger partial charge in [-0.2, -0.15) is 0 Å². The highest BCUT2D eigenvalue weighted by Gasteiger charge is 2.14. The normalized spacial score (nSPS) is 17.8. The van der Waals surface area contributed by atoms with Crippen molar-refractivity contribution in [3.63, 3.8) is 0 Å². The summed E-state index contributed by atoms with van der Waals surface area (Å²) in [7, 11) is 0. The highest BCUT2D eigenvalue weighted by atomic mass is 32.1. The molecule has 0 aromatic carbocycles. The molecule has 0 bridgehead atoms. The summed E-state index contributed by atoms with van der Waals surface area (Å²) in [6.07, 6.45) is 4.75. The van der Waals surface area contributed by atoms with Gasteiger partial charge in [0.2, 0.25) is 0 Å². The van der Waals surface area contributed by atoms with Gasteiger partial charge in [0.1, 0.15) is 0 Å². The van der Waals surface area contributed by atoms with E-state index >= 15 is 0 Å². The van der Waals surface area contributed by atoms with Crippen LogP contribution in [0.2, 0.25) is 0 Å². The summed E-state index contributed by atoms with van der Waals surface area (Å²) in [5.41, 5.74) is 2.58. The lowest BCUT2D eigenvalue weighted by Crippen LogP contribution is -2.25. The Labute approximate surface area is 91.4 Å². The van der Waals surface area contributed by atoms with E-state index in [1.165, 1.54) is 24.1 Å². The van der Waals surface area contributed by atoms with E-state index in [9.17, 15) is 0 Å². The third-order valence-corrected chi connectivity index (χ3v) is 2.71. The van der Waals surface area contributed by atoms with Gasteiger partial charge in [-0.3, -0.25) is 0 Å². The molecule has 1 aliphatic carbocycles. The summed E-state index contributed by atoms with van der Waals surface area (Å²) in [4.78, 5) is 0. The number of allylic oxidation sites excluding steroid dienone is 1. The van der Waals surface area contributed by atoms with Crippen LogP contribution in [0.3, 0.4) is 0 Å². The van der Waals surface area contributed by atoms with E-state index in [2.05, 4.69) is 31.8 Å². The van der Waals surface area contributed by atoms with Crippen molar-refractivity contribution >= 4 is 29.0 Å². The van der Waals surface area contributed by atoms with Crippen molar-refractivity contribution in [3.8, 4) is 0 Å². The van der Waals surface area contributed by atoms with Crippen LogP contribution in [-0.4, -0.2) is 10.2 Å². The molecule has 0 fully saturated rings. The minimum Gasteiger partial charge on any atom is -0.386 e. The maximum atomic E-state index is 5.11. The molecule has 1 rings (SSSR count). The minimum atomic E-state index is 0.491. The predicted molar refractivity (Wildman–Crippen MR) is 65.3 cm³/mol. The van der Waals surface area contributed by atoms with Crippen molar-refractivity contribution in [2.45, 2.75) is 45.6 Å². The molecule has 13 heavy (non-hydrogen) atoms. The van der Waals surface area contributed by atoms with Gasteiger partial charge in [-0.05, 0) is 45.1 Å². The topological polar surface area (TPSA) is 12.0 Å². The molecule has 0 aromatic heterocycles. The Morgan fingerprint density at radius 3 is 2.54 bits per heavy atom. The molecule has 3 heteroatoms. The zero-order valence-corrected chi connectivity index (χ0v) is 9.97. The summed E-state index contributed by atoms with van der Waals surface area (Å²) < 4.78 is 0.767. The van der Waals surface area contributed by atoms with Crippen molar-refractivity contribution in [1.29, 1.82) is 0 Å². The van der Waals surface area contributed by atoms with Gasteiger partial charge in [-0.15, -0.1) is 12.6 Å². The second-order valence-electron chi connectivity index (χ2n) is 3.77.